The third kappa shape index (κ3) is 2.39. The molecule has 1 heterocycles. The second-order valence-corrected chi connectivity index (χ2v) is 2.97. The fourth-order valence-corrected chi connectivity index (χ4v) is 1.15. The van der Waals surface area contributed by atoms with E-state index in [2.05, 4.69) is 9.97 Å². The quantitative estimate of drug-likeness (QED) is 0.795. The normalized spacial score (nSPS) is 10.0. The molecular formula is C8H10ClN3O. The number of aromatic nitrogens is 2. The minimum absolute atomic E-state index is 0.102. The van der Waals surface area contributed by atoms with Crippen LogP contribution in [0.3, 0.4) is 0 Å². The number of halogens is 1. The summed E-state index contributed by atoms with van der Waals surface area (Å²) < 4.78 is 0. The van der Waals surface area contributed by atoms with Gasteiger partial charge in [0.05, 0.1) is 11.9 Å². The Kier molecular flexibility index (Phi) is 3.19. The van der Waals surface area contributed by atoms with Gasteiger partial charge in [-0.25, -0.2) is 4.98 Å². The Hall–Kier alpha value is -1.16. The van der Waals surface area contributed by atoms with Crippen molar-refractivity contribution < 1.29 is 4.79 Å². The molecule has 0 aromatic carbocycles. The SMILES string of the molecule is CCCc1ncc(C(N)=O)nc1Cl. The third-order valence-electron chi connectivity index (χ3n) is 1.54. The Morgan fingerprint density at radius 1 is 1.69 bits per heavy atom. The summed E-state index contributed by atoms with van der Waals surface area (Å²) in [6.07, 6.45) is 3.04. The molecule has 0 aliphatic heterocycles. The summed E-state index contributed by atoms with van der Waals surface area (Å²) in [7, 11) is 0. The minimum Gasteiger partial charge on any atom is -0.364 e. The molecule has 0 aliphatic rings. The van der Waals surface area contributed by atoms with E-state index in [1.54, 1.807) is 0 Å². The highest BCUT2D eigenvalue weighted by Crippen LogP contribution is 2.12. The van der Waals surface area contributed by atoms with Gasteiger partial charge in [0.1, 0.15) is 5.69 Å². The number of nitrogens with zero attached hydrogens (tertiary/aromatic N) is 2. The topological polar surface area (TPSA) is 68.9 Å². The van der Waals surface area contributed by atoms with Gasteiger partial charge in [0.2, 0.25) is 0 Å². The molecule has 0 unspecified atom stereocenters. The van der Waals surface area contributed by atoms with Crippen LogP contribution in [0.4, 0.5) is 0 Å². The van der Waals surface area contributed by atoms with E-state index in [4.69, 9.17) is 17.3 Å². The Labute approximate surface area is 81.1 Å². The van der Waals surface area contributed by atoms with Crippen molar-refractivity contribution in [3.8, 4) is 0 Å². The summed E-state index contributed by atoms with van der Waals surface area (Å²) in [5.74, 6) is -0.613. The number of aryl methyl sites for hydroxylation is 1. The summed E-state index contributed by atoms with van der Waals surface area (Å²) in [4.78, 5) is 18.5. The molecule has 0 saturated heterocycles. The number of carbonyl (C=O) groups excluding carboxylic acids is 1. The van der Waals surface area contributed by atoms with E-state index in [0.29, 0.717) is 5.69 Å². The maximum Gasteiger partial charge on any atom is 0.268 e. The van der Waals surface area contributed by atoms with E-state index >= 15 is 0 Å². The molecule has 1 aromatic heterocycles. The average Bonchev–Trinajstić information content (AvgIpc) is 2.08. The molecule has 1 amide bonds. The summed E-state index contributed by atoms with van der Waals surface area (Å²) in [5.41, 5.74) is 5.81. The van der Waals surface area contributed by atoms with Gasteiger partial charge in [-0.05, 0) is 6.42 Å². The molecule has 0 spiro atoms. The van der Waals surface area contributed by atoms with E-state index < -0.39 is 5.91 Å². The van der Waals surface area contributed by atoms with Crippen LogP contribution in [0.5, 0.6) is 0 Å². The van der Waals surface area contributed by atoms with Crippen LogP contribution >= 0.6 is 11.6 Å². The number of primary amides is 1. The van der Waals surface area contributed by atoms with Crippen molar-refractivity contribution in [1.82, 2.24) is 9.97 Å². The summed E-state index contributed by atoms with van der Waals surface area (Å²) in [6, 6.07) is 0. The first-order valence-electron chi connectivity index (χ1n) is 3.96. The van der Waals surface area contributed by atoms with Crippen molar-refractivity contribution in [2.24, 2.45) is 5.73 Å². The van der Waals surface area contributed by atoms with Gasteiger partial charge in [0, 0.05) is 0 Å². The number of nitrogens with two attached hydrogens (primary N) is 1. The van der Waals surface area contributed by atoms with E-state index in [1.807, 2.05) is 6.92 Å². The monoisotopic (exact) mass is 199 g/mol. The minimum atomic E-state index is -0.613. The number of hydrogen-bond acceptors (Lipinski definition) is 3. The predicted molar refractivity (Wildman–Crippen MR) is 49.6 cm³/mol. The van der Waals surface area contributed by atoms with Crippen LogP contribution in [-0.4, -0.2) is 15.9 Å². The van der Waals surface area contributed by atoms with Crippen LogP contribution in [0, 0.1) is 0 Å². The van der Waals surface area contributed by atoms with Gasteiger partial charge in [0.15, 0.2) is 5.15 Å². The van der Waals surface area contributed by atoms with Crippen LogP contribution in [0.25, 0.3) is 0 Å². The smallest absolute Gasteiger partial charge is 0.268 e. The van der Waals surface area contributed by atoms with Crippen LogP contribution in [0.1, 0.15) is 29.5 Å². The van der Waals surface area contributed by atoms with Gasteiger partial charge in [-0.15, -0.1) is 0 Å². The van der Waals surface area contributed by atoms with Gasteiger partial charge in [-0.3, -0.25) is 9.78 Å². The molecule has 1 aromatic rings. The Morgan fingerprint density at radius 3 is 2.85 bits per heavy atom. The third-order valence-corrected chi connectivity index (χ3v) is 1.84. The highest BCUT2D eigenvalue weighted by atomic mass is 35.5. The molecule has 0 bridgehead atoms. The van der Waals surface area contributed by atoms with Crippen LogP contribution < -0.4 is 5.73 Å². The van der Waals surface area contributed by atoms with Gasteiger partial charge in [0.25, 0.3) is 5.91 Å². The lowest BCUT2D eigenvalue weighted by Crippen LogP contribution is -2.14. The number of rotatable bonds is 3. The highest BCUT2D eigenvalue weighted by Gasteiger charge is 2.07. The zero-order valence-electron chi connectivity index (χ0n) is 7.25. The van der Waals surface area contributed by atoms with E-state index in [-0.39, 0.29) is 10.8 Å². The lowest BCUT2D eigenvalue weighted by Gasteiger charge is -2.01. The highest BCUT2D eigenvalue weighted by molar-refractivity contribution is 6.30. The maximum absolute atomic E-state index is 10.7. The summed E-state index contributed by atoms with van der Waals surface area (Å²) in [5, 5.41) is 0.262. The van der Waals surface area contributed by atoms with Crippen molar-refractivity contribution in [2.75, 3.05) is 0 Å². The molecule has 4 nitrogen and oxygen atoms in total. The Balaban J connectivity index is 2.98. The van der Waals surface area contributed by atoms with Crippen LogP contribution in [0.15, 0.2) is 6.20 Å². The van der Waals surface area contributed by atoms with E-state index in [1.165, 1.54) is 6.20 Å². The summed E-state index contributed by atoms with van der Waals surface area (Å²) in [6.45, 7) is 2.01. The summed E-state index contributed by atoms with van der Waals surface area (Å²) >= 11 is 5.77. The zero-order valence-corrected chi connectivity index (χ0v) is 8.01. The maximum atomic E-state index is 10.7. The standard InChI is InChI=1S/C8H10ClN3O/c1-2-3-5-7(9)12-6(4-11-5)8(10)13/h4H,2-3H2,1H3,(H2,10,13). The van der Waals surface area contributed by atoms with Gasteiger partial charge >= 0.3 is 0 Å². The zero-order chi connectivity index (χ0) is 9.84. The predicted octanol–water partition coefficient (Wildman–Crippen LogP) is 1.18. The van der Waals surface area contributed by atoms with Crippen molar-refractivity contribution in [3.05, 3.63) is 22.7 Å². The van der Waals surface area contributed by atoms with Crippen molar-refractivity contribution >= 4 is 17.5 Å². The lowest BCUT2D eigenvalue weighted by molar-refractivity contribution is 0.0995. The van der Waals surface area contributed by atoms with Gasteiger partial charge < -0.3 is 5.73 Å². The molecule has 70 valence electrons. The molecule has 0 fully saturated rings. The number of carbonyl (C=O) groups is 1. The van der Waals surface area contributed by atoms with Crippen molar-refractivity contribution in [1.29, 1.82) is 0 Å². The van der Waals surface area contributed by atoms with Gasteiger partial charge in [-0.1, -0.05) is 24.9 Å². The molecule has 0 saturated carbocycles. The van der Waals surface area contributed by atoms with E-state index in [9.17, 15) is 4.79 Å². The molecule has 2 N–H and O–H groups in total. The first-order valence-corrected chi connectivity index (χ1v) is 4.34. The molecule has 5 heteroatoms. The Morgan fingerprint density at radius 2 is 2.38 bits per heavy atom. The number of hydrogen-bond donors (Lipinski definition) is 1. The van der Waals surface area contributed by atoms with Crippen molar-refractivity contribution in [3.63, 3.8) is 0 Å². The fourth-order valence-electron chi connectivity index (χ4n) is 0.915. The van der Waals surface area contributed by atoms with Crippen LogP contribution in [-0.2, 0) is 6.42 Å². The fraction of sp³-hybridized carbons (Fsp3) is 0.375. The Bertz CT molecular complexity index is 327. The van der Waals surface area contributed by atoms with Crippen molar-refractivity contribution in [2.45, 2.75) is 19.8 Å². The van der Waals surface area contributed by atoms with Gasteiger partial charge in [-0.2, -0.15) is 0 Å². The molecule has 13 heavy (non-hydrogen) atoms. The molecule has 1 rings (SSSR count). The molecule has 0 atom stereocenters. The lowest BCUT2D eigenvalue weighted by atomic mass is 10.2. The van der Waals surface area contributed by atoms with Crippen LogP contribution in [0.2, 0.25) is 5.15 Å². The van der Waals surface area contributed by atoms with E-state index in [0.717, 1.165) is 12.8 Å². The molecule has 0 aliphatic carbocycles. The number of amides is 1. The second kappa shape index (κ2) is 4.18. The molecular weight excluding hydrogens is 190 g/mol. The molecule has 0 radical (unpaired) electrons. The average molecular weight is 200 g/mol. The first-order chi connectivity index (χ1) is 6.15. The first kappa shape index (κ1) is 9.92. The second-order valence-electron chi connectivity index (χ2n) is 2.61. The largest absolute Gasteiger partial charge is 0.364 e.